The van der Waals surface area contributed by atoms with Gasteiger partial charge in [-0.1, -0.05) is 0 Å². The number of halogens is 1. The number of ether oxygens (including phenoxy) is 1. The average molecular weight is 463 g/mol. The maximum atomic E-state index is 5.38. The zero-order valence-corrected chi connectivity index (χ0v) is 18.2. The number of hydrogen-bond donors (Lipinski definition) is 1. The van der Waals surface area contributed by atoms with Crippen LogP contribution in [0.15, 0.2) is 23.3 Å². The normalized spacial score (nSPS) is 15.7. The van der Waals surface area contributed by atoms with E-state index in [0.717, 1.165) is 64.9 Å². The van der Waals surface area contributed by atoms with E-state index in [1.165, 1.54) is 12.1 Å². The number of morpholine rings is 1. The lowest BCUT2D eigenvalue weighted by Crippen LogP contribution is -2.39. The van der Waals surface area contributed by atoms with Gasteiger partial charge < -0.3 is 19.5 Å². The summed E-state index contributed by atoms with van der Waals surface area (Å²) in [7, 11) is 4.18. The number of guanidine groups is 1. The number of hydrogen-bond acceptors (Lipinski definition) is 3. The molecule has 144 valence electrons. The third-order valence-corrected chi connectivity index (χ3v) is 4.39. The van der Waals surface area contributed by atoms with E-state index in [1.807, 2.05) is 0 Å². The molecule has 1 N–H and O–H groups in total. The molecule has 0 bridgehead atoms. The van der Waals surface area contributed by atoms with Crippen molar-refractivity contribution in [1.82, 2.24) is 19.7 Å². The van der Waals surface area contributed by atoms with Gasteiger partial charge in [0, 0.05) is 52.2 Å². The fraction of sp³-hybridized carbons (Fsp3) is 0.722. The number of nitrogens with one attached hydrogen (secondary N) is 1. The Balaban J connectivity index is 0.00000312. The highest BCUT2D eigenvalue weighted by Crippen LogP contribution is 2.04. The summed E-state index contributed by atoms with van der Waals surface area (Å²) >= 11 is 0. The first kappa shape index (κ1) is 22.2. The van der Waals surface area contributed by atoms with Crippen LogP contribution in [0.2, 0.25) is 0 Å². The molecule has 0 atom stereocenters. The SMILES string of the molecule is CCNC(=NCCCCN1CCOCC1)N(C)Cc1cccn1C.I. The monoisotopic (exact) mass is 463 g/mol. The van der Waals surface area contributed by atoms with E-state index in [9.17, 15) is 0 Å². The van der Waals surface area contributed by atoms with Crippen LogP contribution >= 0.6 is 24.0 Å². The zero-order valence-electron chi connectivity index (χ0n) is 15.9. The van der Waals surface area contributed by atoms with Crippen LogP contribution in [-0.4, -0.2) is 73.3 Å². The number of unbranched alkanes of at least 4 members (excludes halogenated alkanes) is 1. The first-order valence-electron chi connectivity index (χ1n) is 9.10. The van der Waals surface area contributed by atoms with E-state index in [1.54, 1.807) is 0 Å². The van der Waals surface area contributed by atoms with Gasteiger partial charge in [0.25, 0.3) is 0 Å². The summed E-state index contributed by atoms with van der Waals surface area (Å²) in [6, 6.07) is 4.24. The lowest BCUT2D eigenvalue weighted by atomic mass is 10.3. The van der Waals surface area contributed by atoms with Crippen LogP contribution in [0.5, 0.6) is 0 Å². The molecule has 0 saturated carbocycles. The smallest absolute Gasteiger partial charge is 0.194 e. The summed E-state index contributed by atoms with van der Waals surface area (Å²) in [6.07, 6.45) is 4.41. The van der Waals surface area contributed by atoms with Crippen LogP contribution in [0.4, 0.5) is 0 Å². The molecule has 0 radical (unpaired) electrons. The van der Waals surface area contributed by atoms with E-state index in [-0.39, 0.29) is 24.0 Å². The van der Waals surface area contributed by atoms with Gasteiger partial charge >= 0.3 is 0 Å². The predicted octanol–water partition coefficient (Wildman–Crippen LogP) is 2.15. The number of aromatic nitrogens is 1. The highest BCUT2D eigenvalue weighted by atomic mass is 127. The molecule has 0 aliphatic carbocycles. The van der Waals surface area contributed by atoms with Crippen molar-refractivity contribution >= 4 is 29.9 Å². The van der Waals surface area contributed by atoms with E-state index in [0.29, 0.717) is 0 Å². The fourth-order valence-electron chi connectivity index (χ4n) is 2.91. The minimum atomic E-state index is 0. The topological polar surface area (TPSA) is 45.0 Å². The van der Waals surface area contributed by atoms with Crippen LogP contribution in [0.25, 0.3) is 0 Å². The van der Waals surface area contributed by atoms with Crippen LogP contribution in [0.3, 0.4) is 0 Å². The minimum Gasteiger partial charge on any atom is -0.379 e. The highest BCUT2D eigenvalue weighted by Gasteiger charge is 2.10. The van der Waals surface area contributed by atoms with Crippen molar-refractivity contribution in [2.75, 3.05) is 53.0 Å². The fourth-order valence-corrected chi connectivity index (χ4v) is 2.91. The minimum absolute atomic E-state index is 0. The molecule has 0 aromatic carbocycles. The first-order valence-corrected chi connectivity index (χ1v) is 9.10. The van der Waals surface area contributed by atoms with Crippen LogP contribution < -0.4 is 5.32 Å². The molecular weight excluding hydrogens is 429 g/mol. The van der Waals surface area contributed by atoms with Crippen molar-refractivity contribution in [3.8, 4) is 0 Å². The van der Waals surface area contributed by atoms with Gasteiger partial charge in [-0.2, -0.15) is 0 Å². The Morgan fingerprint density at radius 2 is 2.08 bits per heavy atom. The molecular formula is C18H34IN5O. The molecule has 1 aliphatic heterocycles. The Morgan fingerprint density at radius 1 is 1.32 bits per heavy atom. The maximum Gasteiger partial charge on any atom is 0.194 e. The van der Waals surface area contributed by atoms with E-state index in [4.69, 9.17) is 9.73 Å². The van der Waals surface area contributed by atoms with E-state index >= 15 is 0 Å². The summed E-state index contributed by atoms with van der Waals surface area (Å²) in [5, 5.41) is 3.39. The second-order valence-electron chi connectivity index (χ2n) is 6.36. The standard InChI is InChI=1S/C18H33N5O.HI/c1-4-19-18(22(3)16-17-8-7-10-21(17)2)20-9-5-6-11-23-12-14-24-15-13-23;/h7-8,10H,4-6,9,11-16H2,1-3H3,(H,19,20);1H. The molecule has 1 aromatic rings. The van der Waals surface area contributed by atoms with Gasteiger partial charge in [0.2, 0.25) is 0 Å². The number of aryl methyl sites for hydroxylation is 1. The second-order valence-corrected chi connectivity index (χ2v) is 6.36. The first-order chi connectivity index (χ1) is 11.7. The van der Waals surface area contributed by atoms with Gasteiger partial charge in [0.1, 0.15) is 0 Å². The predicted molar refractivity (Wildman–Crippen MR) is 115 cm³/mol. The van der Waals surface area contributed by atoms with Crippen molar-refractivity contribution in [2.45, 2.75) is 26.3 Å². The van der Waals surface area contributed by atoms with Crippen molar-refractivity contribution in [1.29, 1.82) is 0 Å². The van der Waals surface area contributed by atoms with Crippen LogP contribution in [0, 0.1) is 0 Å². The van der Waals surface area contributed by atoms with Gasteiger partial charge in [0.15, 0.2) is 5.96 Å². The van der Waals surface area contributed by atoms with Gasteiger partial charge in [-0.15, -0.1) is 24.0 Å². The molecule has 0 spiro atoms. The van der Waals surface area contributed by atoms with Crippen molar-refractivity contribution in [3.05, 3.63) is 24.0 Å². The summed E-state index contributed by atoms with van der Waals surface area (Å²) < 4.78 is 7.54. The number of aliphatic imine (C=N–C) groups is 1. The third kappa shape index (κ3) is 7.96. The Bertz CT molecular complexity index is 499. The molecule has 25 heavy (non-hydrogen) atoms. The molecule has 1 aliphatic rings. The zero-order chi connectivity index (χ0) is 17.2. The van der Waals surface area contributed by atoms with E-state index < -0.39 is 0 Å². The van der Waals surface area contributed by atoms with Crippen molar-refractivity contribution < 1.29 is 4.74 Å². The van der Waals surface area contributed by atoms with Gasteiger partial charge in [-0.3, -0.25) is 9.89 Å². The number of nitrogens with zero attached hydrogens (tertiary/aromatic N) is 4. The quantitative estimate of drug-likeness (QED) is 0.278. The molecule has 0 amide bonds. The molecule has 2 heterocycles. The lowest BCUT2D eigenvalue weighted by Gasteiger charge is -2.26. The highest BCUT2D eigenvalue weighted by molar-refractivity contribution is 14.0. The molecule has 1 saturated heterocycles. The summed E-state index contributed by atoms with van der Waals surface area (Å²) in [4.78, 5) is 9.47. The lowest BCUT2D eigenvalue weighted by molar-refractivity contribution is 0.0373. The summed E-state index contributed by atoms with van der Waals surface area (Å²) in [5.41, 5.74) is 1.29. The second kappa shape index (κ2) is 12.5. The third-order valence-electron chi connectivity index (χ3n) is 4.39. The summed E-state index contributed by atoms with van der Waals surface area (Å²) in [5.74, 6) is 0.991. The molecule has 0 unspecified atom stereocenters. The van der Waals surface area contributed by atoms with E-state index in [2.05, 4.69) is 59.0 Å². The Kier molecular flexibility index (Phi) is 11.2. The average Bonchev–Trinajstić information content (AvgIpc) is 2.99. The summed E-state index contributed by atoms with van der Waals surface area (Å²) in [6.45, 7) is 9.83. The Labute approximate surface area is 169 Å². The van der Waals surface area contributed by atoms with Crippen LogP contribution in [-0.2, 0) is 18.3 Å². The van der Waals surface area contributed by atoms with Gasteiger partial charge in [0.05, 0.1) is 19.8 Å². The van der Waals surface area contributed by atoms with Crippen molar-refractivity contribution in [2.24, 2.45) is 12.0 Å². The molecule has 7 heteroatoms. The molecule has 6 nitrogen and oxygen atoms in total. The largest absolute Gasteiger partial charge is 0.379 e. The molecule has 2 rings (SSSR count). The Morgan fingerprint density at radius 3 is 2.72 bits per heavy atom. The maximum absolute atomic E-state index is 5.38. The number of rotatable bonds is 8. The Hall–Kier alpha value is -0.800. The van der Waals surface area contributed by atoms with Crippen LogP contribution in [0.1, 0.15) is 25.5 Å². The van der Waals surface area contributed by atoms with Crippen molar-refractivity contribution in [3.63, 3.8) is 0 Å². The van der Waals surface area contributed by atoms with Gasteiger partial charge in [-0.05, 0) is 38.4 Å². The molecule has 1 fully saturated rings. The van der Waals surface area contributed by atoms with Gasteiger partial charge in [-0.25, -0.2) is 0 Å². The molecule has 1 aromatic heterocycles.